The van der Waals surface area contributed by atoms with Crippen molar-refractivity contribution in [3.05, 3.63) is 65.6 Å². The van der Waals surface area contributed by atoms with Crippen LogP contribution in [0, 0.1) is 0 Å². The van der Waals surface area contributed by atoms with Crippen molar-refractivity contribution in [2.75, 3.05) is 27.2 Å². The molecule has 0 bridgehead atoms. The van der Waals surface area contributed by atoms with Crippen LogP contribution in [0.4, 0.5) is 0 Å². The van der Waals surface area contributed by atoms with E-state index in [1.807, 2.05) is 20.2 Å². The fraction of sp³-hybridized carbons (Fsp3) is 0.263. The minimum Gasteiger partial charge on any atom is -0.507 e. The number of amides is 1. The van der Waals surface area contributed by atoms with Crippen LogP contribution in [0.3, 0.4) is 0 Å². The molecule has 6 nitrogen and oxygen atoms in total. The molecule has 1 aromatic carbocycles. The van der Waals surface area contributed by atoms with Gasteiger partial charge in [-0.2, -0.15) is 0 Å². The lowest BCUT2D eigenvalue weighted by molar-refractivity contribution is -0.857. The highest BCUT2D eigenvalue weighted by molar-refractivity contribution is 6.46. The van der Waals surface area contributed by atoms with Crippen molar-refractivity contribution in [1.82, 2.24) is 4.90 Å². The lowest BCUT2D eigenvalue weighted by Crippen LogP contribution is -3.06. The van der Waals surface area contributed by atoms with Crippen LogP contribution >= 0.6 is 0 Å². The highest BCUT2D eigenvalue weighted by Gasteiger charge is 2.47. The summed E-state index contributed by atoms with van der Waals surface area (Å²) in [5, 5.41) is 10.7. The molecule has 1 fully saturated rings. The average molecular weight is 341 g/mol. The highest BCUT2D eigenvalue weighted by atomic mass is 16.3. The van der Waals surface area contributed by atoms with Gasteiger partial charge in [0.1, 0.15) is 17.6 Å². The average Bonchev–Trinajstić information content (AvgIpc) is 3.21. The zero-order chi connectivity index (χ0) is 18.0. The maximum Gasteiger partial charge on any atom is 0.295 e. The Balaban J connectivity index is 2.09. The van der Waals surface area contributed by atoms with Crippen LogP contribution in [0.2, 0.25) is 0 Å². The summed E-state index contributed by atoms with van der Waals surface area (Å²) in [7, 11) is 3.95. The summed E-state index contributed by atoms with van der Waals surface area (Å²) in [5.41, 5.74) is 0.565. The summed E-state index contributed by atoms with van der Waals surface area (Å²) in [4.78, 5) is 27.8. The molecule has 25 heavy (non-hydrogen) atoms. The van der Waals surface area contributed by atoms with E-state index in [9.17, 15) is 14.7 Å². The van der Waals surface area contributed by atoms with Crippen molar-refractivity contribution < 1.29 is 24.0 Å². The summed E-state index contributed by atoms with van der Waals surface area (Å²) >= 11 is 0. The molecule has 1 aromatic heterocycles. The number of aliphatic hydroxyl groups excluding tert-OH is 1. The normalized spacial score (nSPS) is 19.8. The Morgan fingerprint density at radius 1 is 1.16 bits per heavy atom. The number of carbonyl (C=O) groups excluding carboxylic acids is 2. The molecule has 1 aliphatic rings. The number of ketones is 1. The number of quaternary nitrogens is 1. The number of aliphatic hydroxyl groups is 1. The Kier molecular flexibility index (Phi) is 4.72. The number of likely N-dealkylation sites (tertiary alicyclic amines) is 1. The zero-order valence-electron chi connectivity index (χ0n) is 14.2. The van der Waals surface area contributed by atoms with E-state index in [2.05, 4.69) is 0 Å². The van der Waals surface area contributed by atoms with Gasteiger partial charge >= 0.3 is 0 Å². The van der Waals surface area contributed by atoms with Crippen LogP contribution in [-0.4, -0.2) is 48.9 Å². The molecule has 1 aliphatic heterocycles. The van der Waals surface area contributed by atoms with Gasteiger partial charge in [-0.15, -0.1) is 0 Å². The first-order chi connectivity index (χ1) is 12.0. The second kappa shape index (κ2) is 6.94. The first kappa shape index (κ1) is 17.0. The van der Waals surface area contributed by atoms with Gasteiger partial charge in [-0.1, -0.05) is 30.3 Å². The van der Waals surface area contributed by atoms with Crippen molar-refractivity contribution >= 4 is 17.4 Å². The van der Waals surface area contributed by atoms with E-state index in [0.717, 1.165) is 4.90 Å². The molecule has 0 aliphatic carbocycles. The SMILES string of the molecule is C[NH+](C)CCN1C(=O)C(=O)C(=C(O)c2ccccc2)C1c1ccco1. The van der Waals surface area contributed by atoms with Crippen LogP contribution in [0.15, 0.2) is 58.7 Å². The second-order valence-corrected chi connectivity index (χ2v) is 6.33. The van der Waals surface area contributed by atoms with Crippen molar-refractivity contribution in [2.24, 2.45) is 0 Å². The predicted octanol–water partition coefficient (Wildman–Crippen LogP) is 0.846. The molecule has 6 heteroatoms. The van der Waals surface area contributed by atoms with Gasteiger partial charge < -0.3 is 19.3 Å². The fourth-order valence-corrected chi connectivity index (χ4v) is 2.95. The number of rotatable bonds is 5. The van der Waals surface area contributed by atoms with Gasteiger partial charge in [0, 0.05) is 5.56 Å². The van der Waals surface area contributed by atoms with Crippen LogP contribution in [0.5, 0.6) is 0 Å². The molecule has 0 radical (unpaired) electrons. The fourth-order valence-electron chi connectivity index (χ4n) is 2.95. The molecule has 0 spiro atoms. The molecule has 2 N–H and O–H groups in total. The van der Waals surface area contributed by atoms with E-state index in [0.29, 0.717) is 24.4 Å². The first-order valence-corrected chi connectivity index (χ1v) is 8.17. The number of benzene rings is 1. The third-order valence-corrected chi connectivity index (χ3v) is 4.25. The molecule has 1 amide bonds. The summed E-state index contributed by atoms with van der Waals surface area (Å²) in [6.07, 6.45) is 1.50. The second-order valence-electron chi connectivity index (χ2n) is 6.33. The lowest BCUT2D eigenvalue weighted by atomic mass is 9.99. The highest BCUT2D eigenvalue weighted by Crippen LogP contribution is 2.39. The molecule has 2 aromatic rings. The zero-order valence-corrected chi connectivity index (χ0v) is 14.2. The van der Waals surface area contributed by atoms with Gasteiger partial charge in [-0.05, 0) is 12.1 Å². The number of carbonyl (C=O) groups is 2. The Bertz CT molecular complexity index is 794. The van der Waals surface area contributed by atoms with E-state index >= 15 is 0 Å². The van der Waals surface area contributed by atoms with Crippen LogP contribution in [0.25, 0.3) is 5.76 Å². The van der Waals surface area contributed by atoms with Gasteiger partial charge in [-0.25, -0.2) is 0 Å². The maximum atomic E-state index is 12.6. The monoisotopic (exact) mass is 341 g/mol. The molecule has 1 atom stereocenters. The van der Waals surface area contributed by atoms with E-state index in [1.165, 1.54) is 11.2 Å². The Labute approximate surface area is 146 Å². The third kappa shape index (κ3) is 3.21. The number of likely N-dealkylation sites (N-methyl/N-ethyl adjacent to an activating group) is 1. The molecule has 0 saturated carbocycles. The van der Waals surface area contributed by atoms with E-state index in [4.69, 9.17) is 4.42 Å². The molecular weight excluding hydrogens is 320 g/mol. The minimum absolute atomic E-state index is 0.0694. The molecule has 1 unspecified atom stereocenters. The Hall–Kier alpha value is -2.86. The maximum absolute atomic E-state index is 12.6. The lowest BCUT2D eigenvalue weighted by Gasteiger charge is -2.23. The van der Waals surface area contributed by atoms with E-state index < -0.39 is 17.7 Å². The number of nitrogens with one attached hydrogen (secondary N) is 1. The van der Waals surface area contributed by atoms with Crippen molar-refractivity contribution in [3.63, 3.8) is 0 Å². The Morgan fingerprint density at radius 2 is 1.88 bits per heavy atom. The first-order valence-electron chi connectivity index (χ1n) is 8.17. The van der Waals surface area contributed by atoms with Gasteiger partial charge in [0.05, 0.1) is 39.0 Å². The molecule has 1 saturated heterocycles. The number of hydrogen-bond donors (Lipinski definition) is 2. The van der Waals surface area contributed by atoms with Gasteiger partial charge in [0.2, 0.25) is 0 Å². The van der Waals surface area contributed by atoms with Crippen LogP contribution < -0.4 is 4.90 Å². The Morgan fingerprint density at radius 3 is 2.48 bits per heavy atom. The summed E-state index contributed by atoms with van der Waals surface area (Å²) in [6.45, 7) is 1.07. The summed E-state index contributed by atoms with van der Waals surface area (Å²) in [6, 6.07) is 11.5. The third-order valence-electron chi connectivity index (χ3n) is 4.25. The van der Waals surface area contributed by atoms with E-state index in [-0.39, 0.29) is 11.3 Å². The van der Waals surface area contributed by atoms with Crippen molar-refractivity contribution in [1.29, 1.82) is 0 Å². The quantitative estimate of drug-likeness (QED) is 0.480. The van der Waals surface area contributed by atoms with Crippen LogP contribution in [0.1, 0.15) is 17.4 Å². The van der Waals surface area contributed by atoms with Crippen molar-refractivity contribution in [2.45, 2.75) is 6.04 Å². The standard InChI is InChI=1S/C19H20N2O4/c1-20(2)10-11-21-16(14-9-6-12-25-14)15(18(23)19(21)24)17(22)13-7-4-3-5-8-13/h3-9,12,16,22H,10-11H2,1-2H3/p+1. The van der Waals surface area contributed by atoms with Crippen LogP contribution in [-0.2, 0) is 9.59 Å². The topological polar surface area (TPSA) is 75.2 Å². The molecule has 130 valence electrons. The molecule has 2 heterocycles. The largest absolute Gasteiger partial charge is 0.507 e. The van der Waals surface area contributed by atoms with Crippen molar-refractivity contribution in [3.8, 4) is 0 Å². The number of Topliss-reactive ketones (excluding diaryl/α,β-unsaturated/α-hetero) is 1. The van der Waals surface area contributed by atoms with Gasteiger partial charge in [-0.3, -0.25) is 9.59 Å². The van der Waals surface area contributed by atoms with Gasteiger partial charge in [0.15, 0.2) is 0 Å². The number of nitrogens with zero attached hydrogens (tertiary/aromatic N) is 1. The smallest absolute Gasteiger partial charge is 0.295 e. The predicted molar refractivity (Wildman–Crippen MR) is 91.8 cm³/mol. The number of furan rings is 1. The van der Waals surface area contributed by atoms with E-state index in [1.54, 1.807) is 36.4 Å². The van der Waals surface area contributed by atoms with Gasteiger partial charge in [0.25, 0.3) is 11.7 Å². The summed E-state index contributed by atoms with van der Waals surface area (Å²) < 4.78 is 5.47. The summed E-state index contributed by atoms with van der Waals surface area (Å²) in [5.74, 6) is -1.01. The molecule has 3 rings (SSSR count). The molecular formula is C19H21N2O4+. The number of hydrogen-bond acceptors (Lipinski definition) is 4. The minimum atomic E-state index is -0.713.